The number of benzene rings is 2. The van der Waals surface area contributed by atoms with Crippen molar-refractivity contribution in [2.45, 2.75) is 57.5 Å². The van der Waals surface area contributed by atoms with Crippen molar-refractivity contribution >= 4 is 28.4 Å². The molecule has 2 fully saturated rings. The highest BCUT2D eigenvalue weighted by Gasteiger charge is 2.34. The van der Waals surface area contributed by atoms with E-state index >= 15 is 0 Å². The van der Waals surface area contributed by atoms with Gasteiger partial charge < -0.3 is 24.5 Å². The Hall–Kier alpha value is -4.48. The number of fused-ring (bicyclic) bond motifs is 1. The van der Waals surface area contributed by atoms with Gasteiger partial charge in [-0.2, -0.15) is 0 Å². The average Bonchev–Trinajstić information content (AvgIpc) is 3.70. The minimum absolute atomic E-state index is 0.0942. The maximum atomic E-state index is 13.4. The first-order chi connectivity index (χ1) is 19.7. The van der Waals surface area contributed by atoms with Crippen LogP contribution in [0.5, 0.6) is 17.5 Å². The molecule has 0 bridgehead atoms. The van der Waals surface area contributed by atoms with Crippen molar-refractivity contribution in [1.29, 1.82) is 0 Å². The number of carbonyl (C=O) groups is 1. The third kappa shape index (κ3) is 5.72. The lowest BCUT2D eigenvalue weighted by molar-refractivity contribution is -0.274. The summed E-state index contributed by atoms with van der Waals surface area (Å²) in [4.78, 5) is 20.6. The molecule has 4 aromatic rings. The zero-order chi connectivity index (χ0) is 28.7. The number of nitrogens with zero attached hydrogens (tertiary/aromatic N) is 3. The summed E-state index contributed by atoms with van der Waals surface area (Å²) in [7, 11) is 0. The molecule has 12 heteroatoms. The summed E-state index contributed by atoms with van der Waals surface area (Å²) in [5.74, 6) is 0.200. The first kappa shape index (κ1) is 26.7. The van der Waals surface area contributed by atoms with Crippen molar-refractivity contribution in [3.8, 4) is 28.8 Å². The number of alkyl halides is 3. The average molecular weight is 568 g/mol. The van der Waals surface area contributed by atoms with Crippen LogP contribution in [0.1, 0.15) is 45.1 Å². The molecule has 2 saturated carbocycles. The van der Waals surface area contributed by atoms with Gasteiger partial charge in [0.15, 0.2) is 5.75 Å². The van der Waals surface area contributed by atoms with Gasteiger partial charge in [-0.15, -0.1) is 13.2 Å². The number of hydrogen-bond acceptors (Lipinski definition) is 7. The number of rotatable bonds is 8. The van der Waals surface area contributed by atoms with Gasteiger partial charge in [0.1, 0.15) is 11.9 Å². The molecule has 6 rings (SSSR count). The van der Waals surface area contributed by atoms with Gasteiger partial charge in [0.05, 0.1) is 22.6 Å². The van der Waals surface area contributed by atoms with E-state index in [9.17, 15) is 18.0 Å². The quantitative estimate of drug-likeness (QED) is 0.227. The lowest BCUT2D eigenvalue weighted by atomic mass is 9.92. The third-order valence-corrected chi connectivity index (χ3v) is 7.50. The lowest BCUT2D eigenvalue weighted by Crippen LogP contribution is -2.23. The fourth-order valence-corrected chi connectivity index (χ4v) is 5.09. The van der Waals surface area contributed by atoms with Crippen molar-refractivity contribution in [3.05, 3.63) is 54.9 Å². The number of nitrogens with one attached hydrogen (secondary N) is 1. The summed E-state index contributed by atoms with van der Waals surface area (Å²) < 4.78 is 57.9. The number of ether oxygens (including phenoxy) is 3. The normalized spacial score (nSPS) is 16.2. The van der Waals surface area contributed by atoms with E-state index in [-0.39, 0.29) is 29.8 Å². The van der Waals surface area contributed by atoms with Gasteiger partial charge in [-0.1, -0.05) is 6.07 Å². The molecule has 0 spiro atoms. The summed E-state index contributed by atoms with van der Waals surface area (Å²) in [6, 6.07) is 11.5. The zero-order valence-electron chi connectivity index (χ0n) is 22.1. The van der Waals surface area contributed by atoms with Crippen molar-refractivity contribution in [2.75, 3.05) is 11.1 Å². The van der Waals surface area contributed by atoms with Crippen LogP contribution in [0.3, 0.4) is 0 Å². The Kier molecular flexibility index (Phi) is 6.84. The van der Waals surface area contributed by atoms with Gasteiger partial charge in [-0.3, -0.25) is 5.32 Å². The molecular weight excluding hydrogens is 539 g/mol. The minimum Gasteiger partial charge on any atom is -0.446 e. The second-order valence-electron chi connectivity index (χ2n) is 10.4. The van der Waals surface area contributed by atoms with E-state index < -0.39 is 18.2 Å². The van der Waals surface area contributed by atoms with Crippen molar-refractivity contribution in [2.24, 2.45) is 5.92 Å². The van der Waals surface area contributed by atoms with Crippen molar-refractivity contribution < 1.29 is 32.2 Å². The topological polar surface area (TPSA) is 114 Å². The third-order valence-electron chi connectivity index (χ3n) is 7.50. The minimum atomic E-state index is -4.99. The Balaban J connectivity index is 1.39. The number of hydrogen-bond donors (Lipinski definition) is 2. The second kappa shape index (κ2) is 10.5. The van der Waals surface area contributed by atoms with Gasteiger partial charge in [0.25, 0.3) is 0 Å². The van der Waals surface area contributed by atoms with Gasteiger partial charge >= 0.3 is 18.5 Å². The molecule has 3 N–H and O–H groups in total. The molecule has 0 aliphatic heterocycles. The largest absolute Gasteiger partial charge is 0.573 e. The van der Waals surface area contributed by atoms with Gasteiger partial charge in [0, 0.05) is 35.5 Å². The number of nitrogen functional groups attached to an aromatic ring is 1. The molecule has 1 amide bonds. The van der Waals surface area contributed by atoms with Crippen LogP contribution in [0.2, 0.25) is 0 Å². The SMILES string of the molecule is C[C@@H](OC(=O)Nc1ccc(-c2c(N)c3ccc(Oc4ncccn4)cc3n2C2CCC2)cc1OC(F)(F)F)C1CC1. The fourth-order valence-electron chi connectivity index (χ4n) is 5.09. The molecule has 1 atom stereocenters. The van der Waals surface area contributed by atoms with E-state index in [0.29, 0.717) is 22.7 Å². The van der Waals surface area contributed by atoms with E-state index in [0.717, 1.165) is 43.0 Å². The van der Waals surface area contributed by atoms with Crippen LogP contribution in [-0.4, -0.2) is 33.1 Å². The molecule has 214 valence electrons. The first-order valence-electron chi connectivity index (χ1n) is 13.4. The second-order valence-corrected chi connectivity index (χ2v) is 10.4. The Morgan fingerprint density at radius 2 is 1.85 bits per heavy atom. The number of nitrogens with two attached hydrogens (primary N) is 1. The lowest BCUT2D eigenvalue weighted by Gasteiger charge is -2.30. The molecule has 2 aromatic carbocycles. The summed E-state index contributed by atoms with van der Waals surface area (Å²) in [5, 5.41) is 3.13. The van der Waals surface area contributed by atoms with Crippen LogP contribution in [0, 0.1) is 5.92 Å². The molecule has 0 radical (unpaired) electrons. The molecule has 2 aromatic heterocycles. The van der Waals surface area contributed by atoms with E-state index in [1.807, 2.05) is 16.7 Å². The standard InChI is InChI=1S/C29H28F3N5O4/c1-16(17-6-7-17)39-28(38)36-22-11-8-18(14-24(22)41-29(30,31)32)26-25(33)21-10-9-20(40-27-34-12-3-13-35-27)15-23(21)37(26)19-4-2-5-19/h3,8-17,19H,2,4-7,33H2,1H3,(H,36,38)/t16-/m1/s1. The van der Waals surface area contributed by atoms with Crippen molar-refractivity contribution in [1.82, 2.24) is 14.5 Å². The Labute approximate surface area is 233 Å². The number of aromatic nitrogens is 3. The van der Waals surface area contributed by atoms with E-state index in [1.165, 1.54) is 12.1 Å². The predicted molar refractivity (Wildman–Crippen MR) is 146 cm³/mol. The molecule has 9 nitrogen and oxygen atoms in total. The highest BCUT2D eigenvalue weighted by Crippen LogP contribution is 2.46. The van der Waals surface area contributed by atoms with Crippen LogP contribution in [0.25, 0.3) is 22.2 Å². The Morgan fingerprint density at radius 3 is 2.51 bits per heavy atom. The Bertz CT molecular complexity index is 1580. The van der Waals surface area contributed by atoms with Crippen LogP contribution < -0.4 is 20.5 Å². The van der Waals surface area contributed by atoms with Gasteiger partial charge in [0.2, 0.25) is 0 Å². The van der Waals surface area contributed by atoms with Crippen molar-refractivity contribution in [3.63, 3.8) is 0 Å². The van der Waals surface area contributed by atoms with Gasteiger partial charge in [-0.05, 0) is 75.3 Å². The summed E-state index contributed by atoms with van der Waals surface area (Å²) >= 11 is 0. The Morgan fingerprint density at radius 1 is 1.10 bits per heavy atom. The van der Waals surface area contributed by atoms with Crippen LogP contribution in [0.15, 0.2) is 54.9 Å². The smallest absolute Gasteiger partial charge is 0.446 e. The molecule has 2 heterocycles. The van der Waals surface area contributed by atoms with E-state index in [1.54, 1.807) is 37.5 Å². The molecule has 41 heavy (non-hydrogen) atoms. The number of halogens is 3. The predicted octanol–water partition coefficient (Wildman–Crippen LogP) is 7.44. The monoisotopic (exact) mass is 567 g/mol. The van der Waals surface area contributed by atoms with E-state index in [4.69, 9.17) is 15.2 Å². The summed E-state index contributed by atoms with van der Waals surface area (Å²) in [5.41, 5.74) is 8.62. The number of carbonyl (C=O) groups excluding carboxylic acids is 1. The maximum absolute atomic E-state index is 13.4. The highest BCUT2D eigenvalue weighted by atomic mass is 19.4. The van der Waals surface area contributed by atoms with Crippen LogP contribution in [0.4, 0.5) is 29.3 Å². The molecule has 2 aliphatic rings. The zero-order valence-corrected chi connectivity index (χ0v) is 22.1. The first-order valence-corrected chi connectivity index (χ1v) is 13.4. The molecule has 0 saturated heterocycles. The van der Waals surface area contributed by atoms with Crippen LogP contribution in [-0.2, 0) is 4.74 Å². The molecule has 2 aliphatic carbocycles. The fraction of sp³-hybridized carbons (Fsp3) is 0.345. The molecular formula is C29H28F3N5O4. The number of amides is 1. The maximum Gasteiger partial charge on any atom is 0.573 e. The number of anilines is 2. The van der Waals surface area contributed by atoms with E-state index in [2.05, 4.69) is 20.0 Å². The highest BCUT2D eigenvalue weighted by molar-refractivity contribution is 6.02. The summed E-state index contributed by atoms with van der Waals surface area (Å²) in [6.45, 7) is 1.76. The van der Waals surface area contributed by atoms with Crippen LogP contribution >= 0.6 is 0 Å². The molecule has 0 unspecified atom stereocenters. The summed E-state index contributed by atoms with van der Waals surface area (Å²) in [6.07, 6.45) is 1.68. The van der Waals surface area contributed by atoms with Gasteiger partial charge in [-0.25, -0.2) is 14.8 Å².